The average molecular weight is 305 g/mol. The first-order valence-corrected chi connectivity index (χ1v) is 8.63. The Hall–Kier alpha value is -0.700. The lowest BCUT2D eigenvalue weighted by Crippen LogP contribution is -2.51. The van der Waals surface area contributed by atoms with E-state index in [1.807, 2.05) is 4.90 Å². The van der Waals surface area contributed by atoms with E-state index in [9.17, 15) is 18.3 Å². The van der Waals surface area contributed by atoms with Gasteiger partial charge in [0, 0.05) is 25.7 Å². The van der Waals surface area contributed by atoms with Crippen LogP contribution < -0.4 is 4.72 Å². The third-order valence-corrected chi connectivity index (χ3v) is 5.84. The zero-order valence-corrected chi connectivity index (χ0v) is 12.6. The van der Waals surface area contributed by atoms with Gasteiger partial charge in [0.05, 0.1) is 0 Å². The second-order valence-corrected chi connectivity index (χ2v) is 7.12. The summed E-state index contributed by atoms with van der Waals surface area (Å²) in [5.74, 6) is -0.759. The number of hydrogen-bond donors (Lipinski definition) is 2. The number of rotatable bonds is 5. The topological polar surface area (TPSA) is 90.0 Å². The summed E-state index contributed by atoms with van der Waals surface area (Å²) >= 11 is 0. The van der Waals surface area contributed by atoms with Crippen molar-refractivity contribution in [1.82, 2.24) is 13.9 Å². The molecule has 0 aromatic carbocycles. The SMILES string of the molecule is CCNS(=O)(=O)N1CCC(N2CCCC2C(=O)O)CC1. The minimum atomic E-state index is -3.36. The molecule has 2 fully saturated rings. The molecule has 0 bridgehead atoms. The third kappa shape index (κ3) is 3.30. The van der Waals surface area contributed by atoms with E-state index in [0.29, 0.717) is 38.9 Å². The molecule has 7 nitrogen and oxygen atoms in total. The van der Waals surface area contributed by atoms with Gasteiger partial charge in [-0.3, -0.25) is 9.69 Å². The van der Waals surface area contributed by atoms with E-state index in [0.717, 1.165) is 13.0 Å². The van der Waals surface area contributed by atoms with Gasteiger partial charge in [0.1, 0.15) is 6.04 Å². The van der Waals surface area contributed by atoms with Gasteiger partial charge in [0.25, 0.3) is 10.2 Å². The molecule has 0 radical (unpaired) electrons. The van der Waals surface area contributed by atoms with Gasteiger partial charge in [-0.25, -0.2) is 4.72 Å². The second kappa shape index (κ2) is 6.38. The molecule has 0 aromatic heterocycles. The molecule has 8 heteroatoms. The maximum absolute atomic E-state index is 11.9. The Morgan fingerprint density at radius 3 is 2.45 bits per heavy atom. The van der Waals surface area contributed by atoms with Gasteiger partial charge >= 0.3 is 5.97 Å². The summed E-state index contributed by atoms with van der Waals surface area (Å²) in [6.45, 7) is 3.87. The van der Waals surface area contributed by atoms with Crippen molar-refractivity contribution < 1.29 is 18.3 Å². The third-order valence-electron chi connectivity index (χ3n) is 4.14. The van der Waals surface area contributed by atoms with Crippen LogP contribution in [0.25, 0.3) is 0 Å². The first-order chi connectivity index (χ1) is 9.45. The quantitative estimate of drug-likeness (QED) is 0.737. The second-order valence-electron chi connectivity index (χ2n) is 5.37. The molecular formula is C12H23N3O4S. The first kappa shape index (κ1) is 15.7. The van der Waals surface area contributed by atoms with Gasteiger partial charge in [0.15, 0.2) is 0 Å². The molecule has 2 N–H and O–H groups in total. The van der Waals surface area contributed by atoms with Crippen LogP contribution in [-0.4, -0.2) is 67.0 Å². The zero-order valence-electron chi connectivity index (χ0n) is 11.8. The average Bonchev–Trinajstić information content (AvgIpc) is 2.88. The van der Waals surface area contributed by atoms with E-state index >= 15 is 0 Å². The van der Waals surface area contributed by atoms with Crippen molar-refractivity contribution >= 4 is 16.2 Å². The Bertz CT molecular complexity index is 446. The van der Waals surface area contributed by atoms with Crippen LogP contribution in [0.2, 0.25) is 0 Å². The van der Waals surface area contributed by atoms with Crippen LogP contribution >= 0.6 is 0 Å². The van der Waals surface area contributed by atoms with Crippen LogP contribution in [0.15, 0.2) is 0 Å². The first-order valence-electron chi connectivity index (χ1n) is 7.19. The van der Waals surface area contributed by atoms with Gasteiger partial charge < -0.3 is 5.11 Å². The highest BCUT2D eigenvalue weighted by Crippen LogP contribution is 2.26. The van der Waals surface area contributed by atoms with E-state index in [4.69, 9.17) is 0 Å². The molecule has 0 aliphatic carbocycles. The number of carbonyl (C=O) groups is 1. The van der Waals surface area contributed by atoms with Crippen molar-refractivity contribution in [1.29, 1.82) is 0 Å². The number of nitrogens with zero attached hydrogens (tertiary/aromatic N) is 2. The molecule has 20 heavy (non-hydrogen) atoms. The molecule has 0 spiro atoms. The van der Waals surface area contributed by atoms with Crippen molar-refractivity contribution in [3.8, 4) is 0 Å². The van der Waals surface area contributed by atoms with Gasteiger partial charge in [0.2, 0.25) is 0 Å². The monoisotopic (exact) mass is 305 g/mol. The van der Waals surface area contributed by atoms with Crippen LogP contribution in [0, 0.1) is 0 Å². The van der Waals surface area contributed by atoms with Gasteiger partial charge in [-0.05, 0) is 32.2 Å². The number of carboxylic acid groups (broad SMARTS) is 1. The van der Waals surface area contributed by atoms with Gasteiger partial charge in [-0.2, -0.15) is 12.7 Å². The smallest absolute Gasteiger partial charge is 0.320 e. The number of carboxylic acids is 1. The Labute approximate surface area is 120 Å². The van der Waals surface area contributed by atoms with Crippen molar-refractivity contribution in [3.63, 3.8) is 0 Å². The lowest BCUT2D eigenvalue weighted by atomic mass is 10.0. The minimum Gasteiger partial charge on any atom is -0.480 e. The van der Waals surface area contributed by atoms with Gasteiger partial charge in [-0.1, -0.05) is 6.92 Å². The van der Waals surface area contributed by atoms with E-state index in [2.05, 4.69) is 4.72 Å². The van der Waals surface area contributed by atoms with E-state index < -0.39 is 22.2 Å². The Kier molecular flexibility index (Phi) is 5.00. The molecule has 2 saturated heterocycles. The van der Waals surface area contributed by atoms with Crippen molar-refractivity contribution in [2.24, 2.45) is 0 Å². The van der Waals surface area contributed by atoms with Crippen LogP contribution in [0.5, 0.6) is 0 Å². The lowest BCUT2D eigenvalue weighted by molar-refractivity contribution is -0.143. The summed E-state index contributed by atoms with van der Waals surface area (Å²) in [6.07, 6.45) is 3.01. The summed E-state index contributed by atoms with van der Waals surface area (Å²) < 4.78 is 27.7. The Morgan fingerprint density at radius 1 is 1.25 bits per heavy atom. The number of aliphatic carboxylic acids is 1. The highest BCUT2D eigenvalue weighted by molar-refractivity contribution is 7.87. The maximum Gasteiger partial charge on any atom is 0.320 e. The normalized spacial score (nSPS) is 26.9. The largest absolute Gasteiger partial charge is 0.480 e. The molecule has 1 unspecified atom stereocenters. The highest BCUT2D eigenvalue weighted by Gasteiger charge is 2.38. The summed E-state index contributed by atoms with van der Waals surface area (Å²) in [7, 11) is -3.36. The molecule has 2 heterocycles. The van der Waals surface area contributed by atoms with E-state index in [-0.39, 0.29) is 6.04 Å². The predicted molar refractivity (Wildman–Crippen MR) is 74.6 cm³/mol. The number of piperidine rings is 1. The molecule has 2 aliphatic heterocycles. The zero-order chi connectivity index (χ0) is 14.8. The minimum absolute atomic E-state index is 0.187. The summed E-state index contributed by atoms with van der Waals surface area (Å²) in [5.41, 5.74) is 0. The van der Waals surface area contributed by atoms with Crippen molar-refractivity contribution in [2.75, 3.05) is 26.2 Å². The Balaban J connectivity index is 1.93. The fraction of sp³-hybridized carbons (Fsp3) is 0.917. The summed E-state index contributed by atoms with van der Waals surface area (Å²) in [5, 5.41) is 9.21. The molecule has 0 aromatic rings. The summed E-state index contributed by atoms with van der Waals surface area (Å²) in [6, 6.07) is -0.205. The van der Waals surface area contributed by atoms with Crippen LogP contribution in [0.4, 0.5) is 0 Å². The fourth-order valence-corrected chi connectivity index (χ4v) is 4.42. The van der Waals surface area contributed by atoms with E-state index in [1.54, 1.807) is 6.92 Å². The van der Waals surface area contributed by atoms with E-state index in [1.165, 1.54) is 4.31 Å². The molecule has 0 amide bonds. The number of nitrogens with one attached hydrogen (secondary N) is 1. The standard InChI is InChI=1S/C12H23N3O4S/c1-2-13-20(18,19)14-8-5-10(6-9-14)15-7-3-4-11(15)12(16)17/h10-11,13H,2-9H2,1H3,(H,16,17). The van der Waals surface area contributed by atoms with Crippen LogP contribution in [0.1, 0.15) is 32.6 Å². The van der Waals surface area contributed by atoms with Gasteiger partial charge in [-0.15, -0.1) is 0 Å². The van der Waals surface area contributed by atoms with Crippen LogP contribution in [-0.2, 0) is 15.0 Å². The molecule has 116 valence electrons. The predicted octanol–water partition coefficient (Wildman–Crippen LogP) is -0.146. The number of likely N-dealkylation sites (tertiary alicyclic amines) is 1. The highest BCUT2D eigenvalue weighted by atomic mass is 32.2. The molecule has 0 saturated carbocycles. The Morgan fingerprint density at radius 2 is 1.90 bits per heavy atom. The lowest BCUT2D eigenvalue weighted by Gasteiger charge is -2.37. The maximum atomic E-state index is 11.9. The fourth-order valence-electron chi connectivity index (χ4n) is 3.18. The van der Waals surface area contributed by atoms with Crippen molar-refractivity contribution in [2.45, 2.75) is 44.7 Å². The van der Waals surface area contributed by atoms with Crippen molar-refractivity contribution in [3.05, 3.63) is 0 Å². The molecule has 1 atom stereocenters. The number of hydrogen-bond acceptors (Lipinski definition) is 4. The van der Waals surface area contributed by atoms with Crippen LogP contribution in [0.3, 0.4) is 0 Å². The molecular weight excluding hydrogens is 282 g/mol. The molecule has 2 rings (SSSR count). The summed E-state index contributed by atoms with van der Waals surface area (Å²) in [4.78, 5) is 13.2. The molecule has 2 aliphatic rings.